The van der Waals surface area contributed by atoms with Crippen molar-refractivity contribution in [1.29, 1.82) is 0 Å². The monoisotopic (exact) mass is 538 g/mol. The molecule has 0 spiro atoms. The van der Waals surface area contributed by atoms with Gasteiger partial charge in [-0.1, -0.05) is 35.6 Å². The molecule has 8 nitrogen and oxygen atoms in total. The number of thiazole rings is 1. The maximum absolute atomic E-state index is 13.6. The predicted molar refractivity (Wildman–Crippen MR) is 143 cm³/mol. The molecule has 0 unspecified atom stereocenters. The number of pyridine rings is 1. The summed E-state index contributed by atoms with van der Waals surface area (Å²) in [5, 5.41) is 8.00. The number of nitrogens with two attached hydrogens (primary N) is 1. The van der Waals surface area contributed by atoms with Crippen LogP contribution in [0.5, 0.6) is 0 Å². The lowest BCUT2D eigenvalue weighted by molar-refractivity contribution is 0.0998. The maximum atomic E-state index is 13.6. The van der Waals surface area contributed by atoms with Crippen molar-refractivity contribution in [2.75, 3.05) is 13.2 Å². The number of ether oxygens (including phenoxy) is 1. The van der Waals surface area contributed by atoms with Gasteiger partial charge in [-0.3, -0.25) is 4.79 Å². The average Bonchev–Trinajstić information content (AvgIpc) is 3.51. The number of benzene rings is 2. The van der Waals surface area contributed by atoms with Crippen LogP contribution in [0.4, 0.5) is 0 Å². The van der Waals surface area contributed by atoms with Gasteiger partial charge in [0.25, 0.3) is 5.91 Å². The Balaban J connectivity index is 1.68. The Kier molecular flexibility index (Phi) is 6.82. The number of fused-ring (bicyclic) bond motifs is 2. The standard InChI is InChI=1S/C25H22N4O4S3/c1-2-33-12-11-29-21-10-9-16(36(26,31)32)14-23(21)35-25(29)28-24(30)18-15-20(22-8-5-13-34-22)27-19-7-4-3-6-17(18)19/h3-10,13-15H,2,11-12H2,1H3,(H2,26,31,32). The summed E-state index contributed by atoms with van der Waals surface area (Å²) in [5.41, 5.74) is 2.61. The molecule has 11 heteroatoms. The summed E-state index contributed by atoms with van der Waals surface area (Å²) < 4.78 is 31.8. The van der Waals surface area contributed by atoms with Gasteiger partial charge in [0.1, 0.15) is 0 Å². The third-order valence-electron chi connectivity index (χ3n) is 5.56. The molecular weight excluding hydrogens is 517 g/mol. The molecule has 36 heavy (non-hydrogen) atoms. The molecule has 0 radical (unpaired) electrons. The first-order valence-electron chi connectivity index (χ1n) is 11.1. The second-order valence-corrected chi connectivity index (χ2v) is 11.4. The molecule has 0 aliphatic carbocycles. The van der Waals surface area contributed by atoms with Crippen LogP contribution >= 0.6 is 22.7 Å². The van der Waals surface area contributed by atoms with Gasteiger partial charge in [0, 0.05) is 18.5 Å². The molecule has 0 fully saturated rings. The zero-order valence-corrected chi connectivity index (χ0v) is 21.7. The minimum Gasteiger partial charge on any atom is -0.380 e. The van der Waals surface area contributed by atoms with E-state index in [1.54, 1.807) is 23.5 Å². The van der Waals surface area contributed by atoms with E-state index in [0.29, 0.717) is 51.4 Å². The average molecular weight is 539 g/mol. The van der Waals surface area contributed by atoms with Crippen LogP contribution in [0.25, 0.3) is 31.7 Å². The molecule has 0 aliphatic heterocycles. The minimum absolute atomic E-state index is 0.00630. The summed E-state index contributed by atoms with van der Waals surface area (Å²) >= 11 is 2.78. The molecule has 2 aromatic carbocycles. The van der Waals surface area contributed by atoms with Gasteiger partial charge in [-0.25, -0.2) is 18.5 Å². The molecule has 5 aromatic rings. The first kappa shape index (κ1) is 24.5. The number of primary sulfonamides is 1. The van der Waals surface area contributed by atoms with Crippen LogP contribution in [0.15, 0.2) is 75.9 Å². The van der Waals surface area contributed by atoms with Gasteiger partial charge in [0.05, 0.1) is 43.4 Å². The molecule has 3 heterocycles. The third kappa shape index (κ3) is 4.88. The van der Waals surface area contributed by atoms with Crippen molar-refractivity contribution in [3.8, 4) is 10.6 Å². The maximum Gasteiger partial charge on any atom is 0.280 e. The van der Waals surface area contributed by atoms with E-state index in [1.807, 2.05) is 53.3 Å². The second-order valence-electron chi connectivity index (χ2n) is 7.87. The fraction of sp³-hybridized carbons (Fsp3) is 0.160. The number of thiophene rings is 1. The third-order valence-corrected chi connectivity index (χ3v) is 8.41. The molecule has 3 aromatic heterocycles. The summed E-state index contributed by atoms with van der Waals surface area (Å²) in [6, 6.07) is 17.8. The molecule has 0 atom stereocenters. The normalized spacial score (nSPS) is 12.6. The summed E-state index contributed by atoms with van der Waals surface area (Å²) in [6.07, 6.45) is 0. The Hall–Kier alpha value is -3.22. The number of amides is 1. The number of aromatic nitrogens is 2. The number of carbonyl (C=O) groups is 1. The van der Waals surface area contributed by atoms with E-state index in [0.717, 1.165) is 10.4 Å². The molecule has 2 N–H and O–H groups in total. The molecule has 0 saturated heterocycles. The van der Waals surface area contributed by atoms with Crippen molar-refractivity contribution in [3.05, 3.63) is 76.4 Å². The van der Waals surface area contributed by atoms with Crippen LogP contribution in [-0.4, -0.2) is 37.1 Å². The topological polar surface area (TPSA) is 117 Å². The Bertz CT molecular complexity index is 1750. The predicted octanol–water partition coefficient (Wildman–Crippen LogP) is 4.40. The van der Waals surface area contributed by atoms with Gasteiger partial charge in [-0.15, -0.1) is 11.3 Å². The van der Waals surface area contributed by atoms with Crippen LogP contribution in [0.3, 0.4) is 0 Å². The molecular formula is C25H22N4O4S3. The first-order chi connectivity index (χ1) is 17.3. The molecule has 5 rings (SSSR count). The van der Waals surface area contributed by atoms with Crippen LogP contribution < -0.4 is 9.94 Å². The zero-order valence-electron chi connectivity index (χ0n) is 19.2. The Labute approximate surface area is 215 Å². The lowest BCUT2D eigenvalue weighted by Crippen LogP contribution is -2.20. The minimum atomic E-state index is -3.87. The van der Waals surface area contributed by atoms with E-state index >= 15 is 0 Å². The van der Waals surface area contributed by atoms with E-state index in [2.05, 4.69) is 4.99 Å². The summed E-state index contributed by atoms with van der Waals surface area (Å²) in [6.45, 7) is 3.33. The fourth-order valence-electron chi connectivity index (χ4n) is 3.88. The van der Waals surface area contributed by atoms with Crippen LogP contribution in [-0.2, 0) is 21.3 Å². The highest BCUT2D eigenvalue weighted by Gasteiger charge is 2.17. The highest BCUT2D eigenvalue weighted by molar-refractivity contribution is 7.89. The van der Waals surface area contributed by atoms with Gasteiger partial charge in [-0.2, -0.15) is 4.99 Å². The molecule has 1 amide bonds. The van der Waals surface area contributed by atoms with E-state index in [9.17, 15) is 13.2 Å². The van der Waals surface area contributed by atoms with E-state index in [-0.39, 0.29) is 4.90 Å². The summed E-state index contributed by atoms with van der Waals surface area (Å²) in [4.78, 5) is 24.2. The fourth-order valence-corrected chi connectivity index (χ4v) is 6.28. The van der Waals surface area contributed by atoms with Crippen molar-refractivity contribution in [1.82, 2.24) is 9.55 Å². The molecule has 0 saturated carbocycles. The highest BCUT2D eigenvalue weighted by atomic mass is 32.2. The number of para-hydroxylation sites is 1. The second kappa shape index (κ2) is 10.0. The van der Waals surface area contributed by atoms with E-state index < -0.39 is 15.9 Å². The van der Waals surface area contributed by atoms with Gasteiger partial charge < -0.3 is 9.30 Å². The zero-order chi connectivity index (χ0) is 25.3. The van der Waals surface area contributed by atoms with E-state index in [4.69, 9.17) is 14.9 Å². The summed E-state index contributed by atoms with van der Waals surface area (Å²) in [5.74, 6) is -0.408. The SMILES string of the molecule is CCOCCn1c(=NC(=O)c2cc(-c3cccs3)nc3ccccc23)sc2cc(S(N)(=O)=O)ccc21. The quantitative estimate of drug-likeness (QED) is 0.308. The van der Waals surface area contributed by atoms with Gasteiger partial charge in [0.2, 0.25) is 10.0 Å². The Morgan fingerprint density at radius 1 is 1.14 bits per heavy atom. The van der Waals surface area contributed by atoms with Crippen LogP contribution in [0.1, 0.15) is 17.3 Å². The number of carbonyl (C=O) groups excluding carboxylic acids is 1. The summed E-state index contributed by atoms with van der Waals surface area (Å²) in [7, 11) is -3.87. The number of hydrogen-bond acceptors (Lipinski definition) is 7. The van der Waals surface area contributed by atoms with Gasteiger partial charge in [-0.05, 0) is 48.7 Å². The number of hydrogen-bond donors (Lipinski definition) is 1. The van der Waals surface area contributed by atoms with Crippen LogP contribution in [0.2, 0.25) is 0 Å². The van der Waals surface area contributed by atoms with Crippen LogP contribution in [0, 0.1) is 0 Å². The van der Waals surface area contributed by atoms with E-state index in [1.165, 1.54) is 23.5 Å². The number of nitrogens with zero attached hydrogens (tertiary/aromatic N) is 3. The van der Waals surface area contributed by atoms with Crippen molar-refractivity contribution < 1.29 is 17.9 Å². The van der Waals surface area contributed by atoms with Crippen molar-refractivity contribution in [3.63, 3.8) is 0 Å². The molecule has 184 valence electrons. The van der Waals surface area contributed by atoms with Gasteiger partial charge in [0.15, 0.2) is 4.80 Å². The van der Waals surface area contributed by atoms with Crippen molar-refractivity contribution in [2.45, 2.75) is 18.4 Å². The Morgan fingerprint density at radius 2 is 1.97 bits per heavy atom. The molecule has 0 aliphatic rings. The number of rotatable bonds is 7. The highest BCUT2D eigenvalue weighted by Crippen LogP contribution is 2.28. The smallest absolute Gasteiger partial charge is 0.280 e. The first-order valence-corrected chi connectivity index (χ1v) is 14.4. The lowest BCUT2D eigenvalue weighted by Gasteiger charge is -2.07. The number of sulfonamides is 1. The Morgan fingerprint density at radius 3 is 2.72 bits per heavy atom. The largest absolute Gasteiger partial charge is 0.380 e. The lowest BCUT2D eigenvalue weighted by atomic mass is 10.1. The van der Waals surface area contributed by atoms with Crippen molar-refractivity contribution in [2.24, 2.45) is 10.1 Å². The van der Waals surface area contributed by atoms with Crippen molar-refractivity contribution >= 4 is 59.7 Å². The molecule has 0 bridgehead atoms. The van der Waals surface area contributed by atoms with Gasteiger partial charge >= 0.3 is 0 Å².